The van der Waals surface area contributed by atoms with Crippen LogP contribution in [0.25, 0.3) is 10.9 Å². The van der Waals surface area contributed by atoms with Gasteiger partial charge in [0.25, 0.3) is 0 Å². The molecule has 194 valence electrons. The number of carbonyl (C=O) groups is 1. The van der Waals surface area contributed by atoms with Crippen molar-refractivity contribution in [1.82, 2.24) is 14.9 Å². The van der Waals surface area contributed by atoms with E-state index in [2.05, 4.69) is 20.2 Å². The Morgan fingerprint density at radius 1 is 1.22 bits per heavy atom. The van der Waals surface area contributed by atoms with E-state index in [0.29, 0.717) is 54.5 Å². The van der Waals surface area contributed by atoms with Crippen LogP contribution >= 0.6 is 11.6 Å². The molecule has 0 radical (unpaired) electrons. The highest BCUT2D eigenvalue weighted by Crippen LogP contribution is 2.31. The predicted octanol–water partition coefficient (Wildman–Crippen LogP) is 4.33. The number of nitrogens with zero attached hydrogens (tertiary/aromatic N) is 3. The minimum absolute atomic E-state index is 0.00723. The van der Waals surface area contributed by atoms with Crippen molar-refractivity contribution in [2.45, 2.75) is 25.6 Å². The lowest BCUT2D eigenvalue weighted by atomic mass is 10.0. The Balaban J connectivity index is 1.32. The maximum atomic E-state index is 13.6. The zero-order valence-corrected chi connectivity index (χ0v) is 21.2. The summed E-state index contributed by atoms with van der Waals surface area (Å²) < 4.78 is 30.9. The molecule has 8 nitrogen and oxygen atoms in total. The lowest BCUT2D eigenvalue weighted by Crippen LogP contribution is -2.36. The van der Waals surface area contributed by atoms with Crippen molar-refractivity contribution in [3.05, 3.63) is 65.2 Å². The maximum Gasteiger partial charge on any atom is 0.159 e. The number of rotatable bonds is 9. The van der Waals surface area contributed by atoms with E-state index in [0.717, 1.165) is 18.7 Å². The quantitative estimate of drug-likeness (QED) is 0.412. The van der Waals surface area contributed by atoms with Crippen LogP contribution in [-0.4, -0.2) is 72.3 Å². The smallest absolute Gasteiger partial charge is 0.159 e. The zero-order valence-electron chi connectivity index (χ0n) is 20.5. The van der Waals surface area contributed by atoms with E-state index in [1.165, 1.54) is 18.5 Å². The van der Waals surface area contributed by atoms with Gasteiger partial charge in [0, 0.05) is 48.8 Å². The van der Waals surface area contributed by atoms with E-state index in [4.69, 9.17) is 25.8 Å². The van der Waals surface area contributed by atoms with E-state index in [-0.39, 0.29) is 29.4 Å². The number of benzene rings is 2. The summed E-state index contributed by atoms with van der Waals surface area (Å²) in [6.07, 6.45) is 5.32. The van der Waals surface area contributed by atoms with E-state index >= 15 is 0 Å². The van der Waals surface area contributed by atoms with Gasteiger partial charge in [-0.25, -0.2) is 14.4 Å². The van der Waals surface area contributed by atoms with Gasteiger partial charge in [0.15, 0.2) is 5.78 Å². The third-order valence-electron chi connectivity index (χ3n) is 6.37. The zero-order chi connectivity index (χ0) is 25.8. The van der Waals surface area contributed by atoms with Crippen LogP contribution in [0.1, 0.15) is 12.5 Å². The summed E-state index contributed by atoms with van der Waals surface area (Å²) in [6, 6.07) is 8.02. The van der Waals surface area contributed by atoms with Crippen LogP contribution in [-0.2, 0) is 20.7 Å². The fourth-order valence-corrected chi connectivity index (χ4v) is 4.81. The van der Waals surface area contributed by atoms with Crippen molar-refractivity contribution in [1.29, 1.82) is 0 Å². The molecule has 0 amide bonds. The molecule has 3 heterocycles. The number of halogens is 2. The Hall–Kier alpha value is -3.11. The normalized spacial score (nSPS) is 19.9. The fraction of sp³-hybridized carbons (Fsp3) is 0.370. The summed E-state index contributed by atoms with van der Waals surface area (Å²) in [5.41, 5.74) is 1.97. The van der Waals surface area contributed by atoms with Gasteiger partial charge >= 0.3 is 0 Å². The molecule has 0 unspecified atom stereocenters. The second kappa shape index (κ2) is 11.5. The molecular formula is C27H28ClFN4O4. The summed E-state index contributed by atoms with van der Waals surface area (Å²) in [7, 11) is 0. The molecule has 2 aliphatic heterocycles. The number of ketones is 1. The topological polar surface area (TPSA) is 85.8 Å². The molecule has 5 rings (SSSR count). The number of carbonyl (C=O) groups excluding carboxylic acids is 1. The molecule has 2 saturated heterocycles. The number of aromatic nitrogens is 2. The van der Waals surface area contributed by atoms with Gasteiger partial charge in [-0.15, -0.1) is 0 Å². The van der Waals surface area contributed by atoms with E-state index in [1.54, 1.807) is 12.1 Å². The van der Waals surface area contributed by atoms with Crippen LogP contribution in [0.15, 0.2) is 48.8 Å². The highest BCUT2D eigenvalue weighted by atomic mass is 35.5. The fourth-order valence-electron chi connectivity index (χ4n) is 4.63. The predicted molar refractivity (Wildman–Crippen MR) is 139 cm³/mol. The van der Waals surface area contributed by atoms with Crippen LogP contribution in [0.4, 0.5) is 15.9 Å². The van der Waals surface area contributed by atoms with Gasteiger partial charge in [-0.3, -0.25) is 9.69 Å². The number of likely N-dealkylation sites (tertiary alicyclic amines) is 1. The van der Waals surface area contributed by atoms with E-state index in [1.807, 2.05) is 25.1 Å². The van der Waals surface area contributed by atoms with Gasteiger partial charge in [0.05, 0.1) is 42.6 Å². The molecule has 0 saturated carbocycles. The first-order valence-electron chi connectivity index (χ1n) is 12.3. The summed E-state index contributed by atoms with van der Waals surface area (Å²) in [5.74, 6) is 0.574. The Kier molecular flexibility index (Phi) is 7.95. The summed E-state index contributed by atoms with van der Waals surface area (Å²) in [5, 5.41) is 3.88. The molecule has 2 aromatic carbocycles. The van der Waals surface area contributed by atoms with E-state index in [9.17, 15) is 9.18 Å². The molecule has 0 spiro atoms. The number of anilines is 2. The number of ether oxygens (including phenoxy) is 3. The van der Waals surface area contributed by atoms with Gasteiger partial charge in [-0.2, -0.15) is 0 Å². The van der Waals surface area contributed by atoms with Crippen LogP contribution in [0.3, 0.4) is 0 Å². The van der Waals surface area contributed by atoms with Crippen molar-refractivity contribution in [2.75, 3.05) is 44.8 Å². The van der Waals surface area contributed by atoms with Crippen molar-refractivity contribution < 1.29 is 23.4 Å². The Morgan fingerprint density at radius 2 is 2.00 bits per heavy atom. The average Bonchev–Trinajstić information content (AvgIpc) is 3.30. The van der Waals surface area contributed by atoms with Crippen LogP contribution < -0.4 is 10.1 Å². The highest BCUT2D eigenvalue weighted by molar-refractivity contribution is 6.31. The van der Waals surface area contributed by atoms with Crippen molar-refractivity contribution in [2.24, 2.45) is 0 Å². The second-order valence-electron chi connectivity index (χ2n) is 8.97. The maximum absolute atomic E-state index is 13.6. The summed E-state index contributed by atoms with van der Waals surface area (Å²) >= 11 is 5.93. The molecule has 2 fully saturated rings. The monoisotopic (exact) mass is 526 g/mol. The lowest BCUT2D eigenvalue weighted by Gasteiger charge is -2.24. The number of fused-ring (bicyclic) bond motifs is 2. The Labute approximate surface area is 219 Å². The van der Waals surface area contributed by atoms with Crippen molar-refractivity contribution >= 4 is 39.8 Å². The molecule has 10 heteroatoms. The molecule has 0 aliphatic carbocycles. The SMILES string of the molecule is CCOc1cc2ncnc(Nc3ccc(F)c(Cl)c3)c2cc1CC(=O)/C=C/CN1C[C@@H]2OCCO[C@@H]2C1. The average molecular weight is 527 g/mol. The molecule has 1 aromatic heterocycles. The minimum Gasteiger partial charge on any atom is -0.494 e. The first kappa shape index (κ1) is 25.5. The van der Waals surface area contributed by atoms with Crippen molar-refractivity contribution in [3.8, 4) is 5.75 Å². The molecule has 1 N–H and O–H groups in total. The van der Waals surface area contributed by atoms with Gasteiger partial charge < -0.3 is 19.5 Å². The molecule has 37 heavy (non-hydrogen) atoms. The van der Waals surface area contributed by atoms with Crippen LogP contribution in [0, 0.1) is 5.82 Å². The summed E-state index contributed by atoms with van der Waals surface area (Å²) in [6.45, 7) is 5.88. The third kappa shape index (κ3) is 6.07. The van der Waals surface area contributed by atoms with Crippen LogP contribution in [0.5, 0.6) is 5.75 Å². The highest BCUT2D eigenvalue weighted by Gasteiger charge is 2.35. The number of hydrogen-bond donors (Lipinski definition) is 1. The van der Waals surface area contributed by atoms with Crippen LogP contribution in [0.2, 0.25) is 5.02 Å². The third-order valence-corrected chi connectivity index (χ3v) is 6.66. The number of nitrogens with one attached hydrogen (secondary N) is 1. The molecule has 0 bridgehead atoms. The first-order chi connectivity index (χ1) is 18.0. The molecule has 2 atom stereocenters. The minimum atomic E-state index is -0.500. The van der Waals surface area contributed by atoms with Crippen molar-refractivity contribution in [3.63, 3.8) is 0 Å². The Bertz CT molecular complexity index is 1310. The Morgan fingerprint density at radius 3 is 2.73 bits per heavy atom. The number of allylic oxidation sites excluding steroid dienone is 1. The van der Waals surface area contributed by atoms with Gasteiger partial charge in [0.1, 0.15) is 23.7 Å². The first-order valence-corrected chi connectivity index (χ1v) is 12.7. The molecular weight excluding hydrogens is 499 g/mol. The lowest BCUT2D eigenvalue weighted by molar-refractivity contribution is -0.116. The molecule has 3 aromatic rings. The van der Waals surface area contributed by atoms with E-state index < -0.39 is 5.82 Å². The second-order valence-corrected chi connectivity index (χ2v) is 9.38. The largest absolute Gasteiger partial charge is 0.494 e. The van der Waals surface area contributed by atoms with Gasteiger partial charge in [0.2, 0.25) is 0 Å². The standard InChI is InChI=1S/C27H28ClFN4O4/c1-2-35-24-13-23-20(27(31-16-30-23)32-18-5-6-22(29)21(28)12-18)11-17(24)10-19(34)4-3-7-33-14-25-26(15-33)37-9-8-36-25/h3-6,11-13,16,25-26H,2,7-10,14-15H2,1H3,(H,30,31,32)/b4-3+/t25-,26+. The van der Waals surface area contributed by atoms with Gasteiger partial charge in [-0.1, -0.05) is 17.7 Å². The van der Waals surface area contributed by atoms with Gasteiger partial charge in [-0.05, 0) is 37.3 Å². The molecule has 2 aliphatic rings. The number of hydrogen-bond acceptors (Lipinski definition) is 8. The summed E-state index contributed by atoms with van der Waals surface area (Å²) in [4.78, 5) is 23.8.